The Bertz CT molecular complexity index is 640. The summed E-state index contributed by atoms with van der Waals surface area (Å²) in [6.07, 6.45) is 0. The lowest BCUT2D eigenvalue weighted by Gasteiger charge is -2.19. The SMILES string of the molecule is Cc1ccc(C(Nc2ccccc2C)C(=O)O)c(Br)c1. The first-order valence-corrected chi connectivity index (χ1v) is 7.09. The molecule has 2 aromatic rings. The number of aliphatic carboxylic acids is 1. The third-order valence-electron chi connectivity index (χ3n) is 3.16. The molecule has 3 nitrogen and oxygen atoms in total. The largest absolute Gasteiger partial charge is 0.479 e. The molecule has 0 aliphatic rings. The van der Waals surface area contributed by atoms with Gasteiger partial charge in [0.05, 0.1) is 0 Å². The minimum absolute atomic E-state index is 0.714. The van der Waals surface area contributed by atoms with E-state index in [2.05, 4.69) is 21.2 Å². The molecule has 0 amide bonds. The van der Waals surface area contributed by atoms with Gasteiger partial charge in [-0.3, -0.25) is 0 Å². The Hall–Kier alpha value is -1.81. The lowest BCUT2D eigenvalue weighted by Crippen LogP contribution is -2.21. The second kappa shape index (κ2) is 6.09. The maximum Gasteiger partial charge on any atom is 0.330 e. The number of halogens is 1. The summed E-state index contributed by atoms with van der Waals surface area (Å²) in [4.78, 5) is 11.6. The molecule has 1 atom stereocenters. The molecule has 0 saturated heterocycles. The van der Waals surface area contributed by atoms with E-state index in [0.717, 1.165) is 21.3 Å². The van der Waals surface area contributed by atoms with Crippen LogP contribution in [0.2, 0.25) is 0 Å². The first-order valence-electron chi connectivity index (χ1n) is 6.30. The molecule has 20 heavy (non-hydrogen) atoms. The van der Waals surface area contributed by atoms with Crippen LogP contribution in [0.4, 0.5) is 5.69 Å². The van der Waals surface area contributed by atoms with E-state index in [4.69, 9.17) is 0 Å². The molecule has 0 aromatic heterocycles. The summed E-state index contributed by atoms with van der Waals surface area (Å²) in [5, 5.41) is 12.6. The average molecular weight is 334 g/mol. The van der Waals surface area contributed by atoms with Gasteiger partial charge in [-0.05, 0) is 42.7 Å². The van der Waals surface area contributed by atoms with Crippen LogP contribution in [0.3, 0.4) is 0 Å². The number of carboxylic acids is 1. The lowest BCUT2D eigenvalue weighted by atomic mass is 10.0. The number of nitrogens with one attached hydrogen (secondary N) is 1. The van der Waals surface area contributed by atoms with Crippen LogP contribution in [0.1, 0.15) is 22.7 Å². The molecule has 0 heterocycles. The van der Waals surface area contributed by atoms with Crippen molar-refractivity contribution in [3.63, 3.8) is 0 Å². The highest BCUT2D eigenvalue weighted by Crippen LogP contribution is 2.28. The number of rotatable bonds is 4. The van der Waals surface area contributed by atoms with Crippen LogP contribution in [-0.2, 0) is 4.79 Å². The molecular weight excluding hydrogens is 318 g/mol. The van der Waals surface area contributed by atoms with Gasteiger partial charge in [0.2, 0.25) is 0 Å². The summed E-state index contributed by atoms with van der Waals surface area (Å²) in [7, 11) is 0. The van der Waals surface area contributed by atoms with Crippen molar-refractivity contribution in [2.45, 2.75) is 19.9 Å². The molecule has 0 aliphatic heterocycles. The highest BCUT2D eigenvalue weighted by atomic mass is 79.9. The minimum Gasteiger partial charge on any atom is -0.479 e. The zero-order chi connectivity index (χ0) is 14.7. The quantitative estimate of drug-likeness (QED) is 0.876. The van der Waals surface area contributed by atoms with Crippen LogP contribution in [-0.4, -0.2) is 11.1 Å². The van der Waals surface area contributed by atoms with Crippen molar-refractivity contribution < 1.29 is 9.90 Å². The first kappa shape index (κ1) is 14.6. The zero-order valence-corrected chi connectivity index (χ0v) is 12.9. The molecule has 0 spiro atoms. The Morgan fingerprint density at radius 2 is 1.90 bits per heavy atom. The lowest BCUT2D eigenvalue weighted by molar-refractivity contribution is -0.138. The van der Waals surface area contributed by atoms with Crippen LogP contribution >= 0.6 is 15.9 Å². The van der Waals surface area contributed by atoms with Crippen LogP contribution in [0, 0.1) is 13.8 Å². The standard InChI is InChI=1S/C16H16BrNO2/c1-10-7-8-12(13(17)9-10)15(16(19)20)18-14-6-4-3-5-11(14)2/h3-9,15,18H,1-2H3,(H,19,20). The molecule has 1 unspecified atom stereocenters. The Balaban J connectivity index is 2.37. The second-order valence-electron chi connectivity index (χ2n) is 4.76. The highest BCUT2D eigenvalue weighted by Gasteiger charge is 2.22. The van der Waals surface area contributed by atoms with Gasteiger partial charge in [0.25, 0.3) is 0 Å². The molecule has 0 fully saturated rings. The van der Waals surface area contributed by atoms with Gasteiger partial charge in [0.1, 0.15) is 0 Å². The summed E-state index contributed by atoms with van der Waals surface area (Å²) in [6, 6.07) is 12.5. The molecule has 0 bridgehead atoms. The number of anilines is 1. The molecule has 2 aromatic carbocycles. The maximum absolute atomic E-state index is 11.6. The van der Waals surface area contributed by atoms with Gasteiger partial charge in [0, 0.05) is 10.2 Å². The van der Waals surface area contributed by atoms with Crippen LogP contribution < -0.4 is 5.32 Å². The summed E-state index contributed by atoms with van der Waals surface area (Å²) in [5.41, 5.74) is 3.64. The van der Waals surface area contributed by atoms with E-state index >= 15 is 0 Å². The molecule has 104 valence electrons. The summed E-state index contributed by atoms with van der Waals surface area (Å²) >= 11 is 3.44. The Labute approximate surface area is 126 Å². The van der Waals surface area contributed by atoms with Crippen molar-refractivity contribution in [1.82, 2.24) is 0 Å². The predicted molar refractivity (Wildman–Crippen MR) is 84.1 cm³/mol. The van der Waals surface area contributed by atoms with Gasteiger partial charge in [-0.25, -0.2) is 4.79 Å². The van der Waals surface area contributed by atoms with E-state index in [0.29, 0.717) is 5.56 Å². The fourth-order valence-corrected chi connectivity index (χ4v) is 2.75. The topological polar surface area (TPSA) is 49.3 Å². The number of para-hydroxylation sites is 1. The average Bonchev–Trinajstić information content (AvgIpc) is 2.38. The summed E-state index contributed by atoms with van der Waals surface area (Å²) < 4.78 is 0.797. The molecule has 0 aliphatic carbocycles. The van der Waals surface area contributed by atoms with Gasteiger partial charge < -0.3 is 10.4 Å². The van der Waals surface area contributed by atoms with Crippen molar-refractivity contribution in [2.75, 3.05) is 5.32 Å². The zero-order valence-electron chi connectivity index (χ0n) is 11.4. The van der Waals surface area contributed by atoms with Gasteiger partial charge in [-0.15, -0.1) is 0 Å². The third kappa shape index (κ3) is 3.20. The van der Waals surface area contributed by atoms with E-state index in [9.17, 15) is 9.90 Å². The van der Waals surface area contributed by atoms with Crippen molar-refractivity contribution in [3.8, 4) is 0 Å². The number of carbonyl (C=O) groups is 1. The number of hydrogen-bond acceptors (Lipinski definition) is 2. The molecule has 0 radical (unpaired) electrons. The van der Waals surface area contributed by atoms with Crippen molar-refractivity contribution in [1.29, 1.82) is 0 Å². The fraction of sp³-hybridized carbons (Fsp3) is 0.188. The van der Waals surface area contributed by atoms with Crippen LogP contribution in [0.5, 0.6) is 0 Å². The first-order chi connectivity index (χ1) is 9.49. The molecule has 4 heteroatoms. The number of benzene rings is 2. The predicted octanol–water partition coefficient (Wildman–Crippen LogP) is 4.30. The normalized spacial score (nSPS) is 11.9. The van der Waals surface area contributed by atoms with Gasteiger partial charge in [-0.2, -0.15) is 0 Å². The van der Waals surface area contributed by atoms with Gasteiger partial charge >= 0.3 is 5.97 Å². The molecule has 0 saturated carbocycles. The summed E-state index contributed by atoms with van der Waals surface area (Å²) in [6.45, 7) is 3.92. The smallest absolute Gasteiger partial charge is 0.330 e. The Morgan fingerprint density at radius 3 is 2.50 bits per heavy atom. The van der Waals surface area contributed by atoms with Crippen LogP contribution in [0.25, 0.3) is 0 Å². The van der Waals surface area contributed by atoms with E-state index in [-0.39, 0.29) is 0 Å². The van der Waals surface area contributed by atoms with Crippen molar-refractivity contribution in [2.24, 2.45) is 0 Å². The Morgan fingerprint density at radius 1 is 1.20 bits per heavy atom. The van der Waals surface area contributed by atoms with E-state index in [1.165, 1.54) is 0 Å². The summed E-state index contributed by atoms with van der Waals surface area (Å²) in [5.74, 6) is -0.905. The number of carboxylic acid groups (broad SMARTS) is 1. The van der Waals surface area contributed by atoms with Gasteiger partial charge in [0.15, 0.2) is 6.04 Å². The highest BCUT2D eigenvalue weighted by molar-refractivity contribution is 9.10. The van der Waals surface area contributed by atoms with E-state index in [1.54, 1.807) is 0 Å². The van der Waals surface area contributed by atoms with Crippen molar-refractivity contribution >= 4 is 27.6 Å². The van der Waals surface area contributed by atoms with Crippen molar-refractivity contribution in [3.05, 3.63) is 63.6 Å². The number of hydrogen-bond donors (Lipinski definition) is 2. The van der Waals surface area contributed by atoms with E-state index < -0.39 is 12.0 Å². The number of aryl methyl sites for hydroxylation is 2. The molecule has 2 N–H and O–H groups in total. The molecule has 2 rings (SSSR count). The minimum atomic E-state index is -0.905. The third-order valence-corrected chi connectivity index (χ3v) is 3.85. The van der Waals surface area contributed by atoms with Crippen LogP contribution in [0.15, 0.2) is 46.9 Å². The van der Waals surface area contributed by atoms with Gasteiger partial charge in [-0.1, -0.05) is 46.3 Å². The maximum atomic E-state index is 11.6. The van der Waals surface area contributed by atoms with E-state index in [1.807, 2.05) is 56.3 Å². The molecular formula is C16H16BrNO2. The fourth-order valence-electron chi connectivity index (χ4n) is 2.03. The second-order valence-corrected chi connectivity index (χ2v) is 5.61. The monoisotopic (exact) mass is 333 g/mol. The Kier molecular flexibility index (Phi) is 4.45.